The molecule has 2 aliphatic heterocycles. The van der Waals surface area contributed by atoms with Gasteiger partial charge >= 0.3 is 0 Å². The standard InChI is InChI=1S/C16H14FNO/c1-11-10-15(19)16(12-5-7-13(17)8-6-12)14-4-2-3-9-18(11)14/h2-10,14,16H,1H3. The summed E-state index contributed by atoms with van der Waals surface area (Å²) in [5.74, 6) is -0.481. The highest BCUT2D eigenvalue weighted by atomic mass is 19.1. The van der Waals surface area contributed by atoms with Crippen LogP contribution in [0.25, 0.3) is 0 Å². The van der Waals surface area contributed by atoms with Crippen LogP contribution in [0, 0.1) is 5.82 Å². The molecule has 3 rings (SSSR count). The van der Waals surface area contributed by atoms with Crippen molar-refractivity contribution in [2.45, 2.75) is 18.9 Å². The molecule has 2 heterocycles. The zero-order chi connectivity index (χ0) is 13.4. The van der Waals surface area contributed by atoms with Gasteiger partial charge in [0.1, 0.15) is 5.82 Å². The summed E-state index contributed by atoms with van der Waals surface area (Å²) >= 11 is 0. The number of carbonyl (C=O) groups excluding carboxylic acids is 1. The number of allylic oxidation sites excluding steroid dienone is 4. The highest BCUT2D eigenvalue weighted by molar-refractivity contribution is 5.97. The smallest absolute Gasteiger partial charge is 0.167 e. The van der Waals surface area contributed by atoms with Gasteiger partial charge < -0.3 is 4.90 Å². The Morgan fingerprint density at radius 3 is 2.63 bits per heavy atom. The molecule has 0 radical (unpaired) electrons. The molecule has 0 saturated heterocycles. The third kappa shape index (κ3) is 2.01. The maximum Gasteiger partial charge on any atom is 0.167 e. The lowest BCUT2D eigenvalue weighted by atomic mass is 9.82. The molecule has 0 aromatic heterocycles. The lowest BCUT2D eigenvalue weighted by Gasteiger charge is -2.39. The van der Waals surface area contributed by atoms with Crippen molar-refractivity contribution in [2.24, 2.45) is 0 Å². The number of hydrogen-bond acceptors (Lipinski definition) is 2. The van der Waals surface area contributed by atoms with Crippen LogP contribution >= 0.6 is 0 Å². The molecule has 0 fully saturated rings. The van der Waals surface area contributed by atoms with Gasteiger partial charge in [0.2, 0.25) is 0 Å². The average Bonchev–Trinajstić information content (AvgIpc) is 2.41. The normalized spacial score (nSPS) is 25.3. The first kappa shape index (κ1) is 11.9. The van der Waals surface area contributed by atoms with Gasteiger partial charge in [0.25, 0.3) is 0 Å². The molecule has 0 N–H and O–H groups in total. The van der Waals surface area contributed by atoms with Gasteiger partial charge in [-0.05, 0) is 30.7 Å². The Hall–Kier alpha value is -2.16. The van der Waals surface area contributed by atoms with Gasteiger partial charge in [-0.15, -0.1) is 0 Å². The molecule has 0 bridgehead atoms. The molecule has 3 heteroatoms. The largest absolute Gasteiger partial charge is 0.344 e. The monoisotopic (exact) mass is 255 g/mol. The van der Waals surface area contributed by atoms with Crippen LogP contribution in [-0.4, -0.2) is 16.7 Å². The van der Waals surface area contributed by atoms with Crippen molar-refractivity contribution in [3.63, 3.8) is 0 Å². The summed E-state index contributed by atoms with van der Waals surface area (Å²) in [6.45, 7) is 1.93. The van der Waals surface area contributed by atoms with Crippen LogP contribution in [-0.2, 0) is 4.79 Å². The quantitative estimate of drug-likeness (QED) is 0.768. The molecule has 0 amide bonds. The lowest BCUT2D eigenvalue weighted by molar-refractivity contribution is -0.117. The van der Waals surface area contributed by atoms with Crippen LogP contribution in [0.1, 0.15) is 18.4 Å². The summed E-state index contributed by atoms with van der Waals surface area (Å²) in [5, 5.41) is 0. The van der Waals surface area contributed by atoms with E-state index in [0.29, 0.717) is 0 Å². The van der Waals surface area contributed by atoms with Crippen LogP contribution in [0.3, 0.4) is 0 Å². The molecule has 2 atom stereocenters. The van der Waals surface area contributed by atoms with E-state index in [9.17, 15) is 9.18 Å². The first-order valence-electron chi connectivity index (χ1n) is 6.28. The fourth-order valence-corrected chi connectivity index (χ4v) is 2.71. The van der Waals surface area contributed by atoms with E-state index in [1.807, 2.05) is 31.4 Å². The Bertz CT molecular complexity index is 598. The molecule has 0 spiro atoms. The van der Waals surface area contributed by atoms with E-state index >= 15 is 0 Å². The predicted molar refractivity (Wildman–Crippen MR) is 71.8 cm³/mol. The molecule has 2 unspecified atom stereocenters. The van der Waals surface area contributed by atoms with Crippen molar-refractivity contribution in [3.05, 3.63) is 71.8 Å². The van der Waals surface area contributed by atoms with Crippen molar-refractivity contribution in [1.29, 1.82) is 0 Å². The van der Waals surface area contributed by atoms with E-state index in [1.165, 1.54) is 12.1 Å². The Labute approximate surface area is 111 Å². The number of ketones is 1. The number of fused-ring (bicyclic) bond motifs is 1. The van der Waals surface area contributed by atoms with Crippen LogP contribution in [0.2, 0.25) is 0 Å². The number of benzene rings is 1. The first-order valence-corrected chi connectivity index (χ1v) is 6.28. The Balaban J connectivity index is 2.05. The zero-order valence-electron chi connectivity index (χ0n) is 10.6. The third-order valence-electron chi connectivity index (χ3n) is 3.62. The van der Waals surface area contributed by atoms with Gasteiger partial charge in [-0.3, -0.25) is 4.79 Å². The summed E-state index contributed by atoms with van der Waals surface area (Å²) in [5.41, 5.74) is 1.79. The summed E-state index contributed by atoms with van der Waals surface area (Å²) in [6, 6.07) is 6.17. The van der Waals surface area contributed by atoms with Gasteiger partial charge in [0.05, 0.1) is 12.0 Å². The van der Waals surface area contributed by atoms with Crippen LogP contribution in [0.4, 0.5) is 4.39 Å². The highest BCUT2D eigenvalue weighted by Gasteiger charge is 2.35. The average molecular weight is 255 g/mol. The van der Waals surface area contributed by atoms with E-state index < -0.39 is 0 Å². The molecule has 96 valence electrons. The Kier molecular flexibility index (Phi) is 2.82. The third-order valence-corrected chi connectivity index (χ3v) is 3.62. The van der Waals surface area contributed by atoms with Crippen molar-refractivity contribution >= 4 is 5.78 Å². The molecule has 19 heavy (non-hydrogen) atoms. The summed E-state index contributed by atoms with van der Waals surface area (Å²) in [4.78, 5) is 14.4. The van der Waals surface area contributed by atoms with Gasteiger partial charge in [-0.2, -0.15) is 0 Å². The van der Waals surface area contributed by atoms with Gasteiger partial charge in [0, 0.05) is 18.0 Å². The molecule has 0 aliphatic carbocycles. The van der Waals surface area contributed by atoms with Crippen molar-refractivity contribution in [3.8, 4) is 0 Å². The maximum atomic E-state index is 13.0. The molecule has 2 aliphatic rings. The second kappa shape index (κ2) is 4.50. The first-order chi connectivity index (χ1) is 9.16. The van der Waals surface area contributed by atoms with Crippen molar-refractivity contribution in [1.82, 2.24) is 4.90 Å². The molecular weight excluding hydrogens is 241 g/mol. The highest BCUT2D eigenvalue weighted by Crippen LogP contribution is 2.34. The minimum Gasteiger partial charge on any atom is -0.344 e. The maximum absolute atomic E-state index is 13.0. The zero-order valence-corrected chi connectivity index (χ0v) is 10.6. The summed E-state index contributed by atoms with van der Waals surface area (Å²) in [7, 11) is 0. The minimum atomic E-state index is -0.283. The molecule has 1 aromatic rings. The van der Waals surface area contributed by atoms with Crippen molar-refractivity contribution in [2.75, 3.05) is 0 Å². The van der Waals surface area contributed by atoms with Crippen LogP contribution in [0.5, 0.6) is 0 Å². The number of halogens is 1. The molecule has 2 nitrogen and oxygen atoms in total. The topological polar surface area (TPSA) is 20.3 Å². The fourth-order valence-electron chi connectivity index (χ4n) is 2.71. The number of rotatable bonds is 1. The minimum absolute atomic E-state index is 0.0204. The van der Waals surface area contributed by atoms with Crippen LogP contribution in [0.15, 0.2) is 60.5 Å². The Morgan fingerprint density at radius 2 is 1.89 bits per heavy atom. The predicted octanol–water partition coefficient (Wildman–Crippen LogP) is 3.15. The molecule has 0 saturated carbocycles. The molecular formula is C16H14FNO. The second-order valence-electron chi connectivity index (χ2n) is 4.84. The number of hydrogen-bond donors (Lipinski definition) is 0. The van der Waals surface area contributed by atoms with Gasteiger partial charge in [-0.25, -0.2) is 4.39 Å². The van der Waals surface area contributed by atoms with E-state index in [1.54, 1.807) is 18.2 Å². The summed E-state index contributed by atoms with van der Waals surface area (Å²) < 4.78 is 13.0. The van der Waals surface area contributed by atoms with E-state index in [0.717, 1.165) is 11.3 Å². The van der Waals surface area contributed by atoms with Crippen molar-refractivity contribution < 1.29 is 9.18 Å². The van der Waals surface area contributed by atoms with Crippen LogP contribution < -0.4 is 0 Å². The molecule has 1 aromatic carbocycles. The fraction of sp³-hybridized carbons (Fsp3) is 0.188. The number of carbonyl (C=O) groups is 1. The summed E-state index contributed by atoms with van der Waals surface area (Å²) in [6.07, 6.45) is 9.55. The van der Waals surface area contributed by atoms with Gasteiger partial charge in [0.15, 0.2) is 5.78 Å². The number of nitrogens with zero attached hydrogens (tertiary/aromatic N) is 1. The van der Waals surface area contributed by atoms with E-state index in [2.05, 4.69) is 4.90 Å². The van der Waals surface area contributed by atoms with E-state index in [4.69, 9.17) is 0 Å². The van der Waals surface area contributed by atoms with E-state index in [-0.39, 0.29) is 23.6 Å². The van der Waals surface area contributed by atoms with Gasteiger partial charge in [-0.1, -0.05) is 24.3 Å². The lowest BCUT2D eigenvalue weighted by Crippen LogP contribution is -2.41. The Morgan fingerprint density at radius 1 is 1.16 bits per heavy atom. The SMILES string of the molecule is CC1=CC(=O)C(c2ccc(F)cc2)C2C=CC=CN12. The second-order valence-corrected chi connectivity index (χ2v) is 4.84.